The number of aryl methyl sites for hydroxylation is 1. The lowest BCUT2D eigenvalue weighted by Gasteiger charge is -2.24. The SMILES string of the molecule is O=C(CN1C(=O)C2CCCC2=Nc2ccccc21)NCCCc1ccccc1. The molecule has 1 N–H and O–H groups in total. The van der Waals surface area contributed by atoms with Gasteiger partial charge in [-0.25, -0.2) is 0 Å². The highest BCUT2D eigenvalue weighted by Crippen LogP contribution is 2.37. The summed E-state index contributed by atoms with van der Waals surface area (Å²) < 4.78 is 0. The van der Waals surface area contributed by atoms with Crippen LogP contribution in [0.1, 0.15) is 31.2 Å². The lowest BCUT2D eigenvalue weighted by molar-refractivity contribution is -0.124. The summed E-state index contributed by atoms with van der Waals surface area (Å²) in [5.41, 5.74) is 3.74. The van der Waals surface area contributed by atoms with Gasteiger partial charge in [0.15, 0.2) is 0 Å². The Balaban J connectivity index is 1.39. The third-order valence-electron chi connectivity index (χ3n) is 5.44. The average molecular weight is 375 g/mol. The van der Waals surface area contributed by atoms with Gasteiger partial charge in [-0.2, -0.15) is 0 Å². The van der Waals surface area contributed by atoms with Crippen molar-refractivity contribution < 1.29 is 9.59 Å². The number of hydrogen-bond acceptors (Lipinski definition) is 3. The van der Waals surface area contributed by atoms with Gasteiger partial charge in [0, 0.05) is 12.3 Å². The largest absolute Gasteiger partial charge is 0.355 e. The van der Waals surface area contributed by atoms with Gasteiger partial charge in [-0.1, -0.05) is 42.5 Å². The molecule has 2 aromatic rings. The molecule has 2 amide bonds. The Kier molecular flexibility index (Phi) is 5.51. The van der Waals surface area contributed by atoms with E-state index in [0.29, 0.717) is 6.54 Å². The van der Waals surface area contributed by atoms with Gasteiger partial charge >= 0.3 is 0 Å². The molecule has 1 aliphatic heterocycles. The summed E-state index contributed by atoms with van der Waals surface area (Å²) in [6.45, 7) is 0.642. The number of carbonyl (C=O) groups excluding carboxylic acids is 2. The van der Waals surface area contributed by atoms with Crippen LogP contribution in [0, 0.1) is 5.92 Å². The van der Waals surface area contributed by atoms with Gasteiger partial charge in [0.05, 0.1) is 17.3 Å². The number of hydrogen-bond donors (Lipinski definition) is 1. The number of anilines is 1. The fraction of sp³-hybridized carbons (Fsp3) is 0.348. The molecule has 144 valence electrons. The van der Waals surface area contributed by atoms with E-state index in [1.165, 1.54) is 5.56 Å². The van der Waals surface area contributed by atoms with Crippen LogP contribution in [0.2, 0.25) is 0 Å². The summed E-state index contributed by atoms with van der Waals surface area (Å²) in [5.74, 6) is -0.309. The molecular formula is C23H25N3O2. The standard InChI is InChI=1S/C23H25N3O2/c27-22(24-15-7-10-17-8-2-1-3-9-17)16-26-21-14-5-4-12-20(21)25-19-13-6-11-18(19)23(26)28/h1-5,8-9,12,14,18H,6-7,10-11,13,15-16H2,(H,24,27). The van der Waals surface area contributed by atoms with E-state index in [-0.39, 0.29) is 24.3 Å². The van der Waals surface area contributed by atoms with Gasteiger partial charge in [-0.15, -0.1) is 0 Å². The number of rotatable bonds is 6. The van der Waals surface area contributed by atoms with Crippen molar-refractivity contribution >= 4 is 28.9 Å². The Morgan fingerprint density at radius 2 is 1.89 bits per heavy atom. The van der Waals surface area contributed by atoms with Gasteiger partial charge in [0.25, 0.3) is 0 Å². The highest BCUT2D eigenvalue weighted by Gasteiger charge is 2.36. The smallest absolute Gasteiger partial charge is 0.240 e. The molecule has 1 fully saturated rings. The Bertz CT molecular complexity index is 892. The van der Waals surface area contributed by atoms with Crippen LogP contribution >= 0.6 is 0 Å². The van der Waals surface area contributed by atoms with Crippen molar-refractivity contribution in [3.63, 3.8) is 0 Å². The zero-order valence-corrected chi connectivity index (χ0v) is 15.9. The van der Waals surface area contributed by atoms with Gasteiger partial charge in [-0.05, 0) is 49.8 Å². The van der Waals surface area contributed by atoms with Crippen LogP contribution in [0.25, 0.3) is 0 Å². The Morgan fingerprint density at radius 1 is 1.11 bits per heavy atom. The summed E-state index contributed by atoms with van der Waals surface area (Å²) >= 11 is 0. The predicted octanol–water partition coefficient (Wildman–Crippen LogP) is 3.65. The summed E-state index contributed by atoms with van der Waals surface area (Å²) in [6.07, 6.45) is 4.46. The number of benzene rings is 2. The highest BCUT2D eigenvalue weighted by molar-refractivity contribution is 6.16. The summed E-state index contributed by atoms with van der Waals surface area (Å²) in [6, 6.07) is 17.8. The van der Waals surface area contributed by atoms with E-state index in [2.05, 4.69) is 17.4 Å². The fourth-order valence-corrected chi connectivity index (χ4v) is 4.00. The van der Waals surface area contributed by atoms with Crippen molar-refractivity contribution in [2.45, 2.75) is 32.1 Å². The van der Waals surface area contributed by atoms with Crippen LogP contribution < -0.4 is 10.2 Å². The predicted molar refractivity (Wildman–Crippen MR) is 111 cm³/mol. The maximum absolute atomic E-state index is 13.1. The third-order valence-corrected chi connectivity index (χ3v) is 5.44. The molecule has 0 bridgehead atoms. The number of nitrogens with zero attached hydrogens (tertiary/aromatic N) is 2. The number of aliphatic imine (C=N–C) groups is 1. The van der Waals surface area contributed by atoms with E-state index >= 15 is 0 Å². The number of amides is 2. The third kappa shape index (κ3) is 3.98. The van der Waals surface area contributed by atoms with E-state index in [4.69, 9.17) is 4.99 Å². The molecule has 5 heteroatoms. The molecule has 4 rings (SSSR count). The van der Waals surface area contributed by atoms with Crippen molar-refractivity contribution in [3.05, 3.63) is 60.2 Å². The van der Waals surface area contributed by atoms with Crippen LogP contribution in [0.5, 0.6) is 0 Å². The van der Waals surface area contributed by atoms with Crippen molar-refractivity contribution in [2.75, 3.05) is 18.0 Å². The zero-order chi connectivity index (χ0) is 19.3. The molecule has 1 unspecified atom stereocenters. The Hall–Kier alpha value is -2.95. The van der Waals surface area contributed by atoms with E-state index in [9.17, 15) is 9.59 Å². The molecule has 0 radical (unpaired) electrons. The molecule has 5 nitrogen and oxygen atoms in total. The molecule has 1 atom stereocenters. The molecule has 2 aromatic carbocycles. The molecule has 1 aliphatic carbocycles. The molecule has 2 aliphatic rings. The lowest BCUT2D eigenvalue weighted by Crippen LogP contribution is -2.44. The Labute approximate surface area is 165 Å². The van der Waals surface area contributed by atoms with Crippen LogP contribution in [0.15, 0.2) is 59.6 Å². The van der Waals surface area contributed by atoms with Gasteiger partial charge < -0.3 is 10.2 Å². The molecular weight excluding hydrogens is 350 g/mol. The first-order valence-corrected chi connectivity index (χ1v) is 10.0. The van der Waals surface area contributed by atoms with Gasteiger partial charge in [-0.3, -0.25) is 14.6 Å². The molecule has 0 aromatic heterocycles. The molecule has 0 saturated heterocycles. The quantitative estimate of drug-likeness (QED) is 0.784. The first-order chi connectivity index (χ1) is 13.7. The summed E-state index contributed by atoms with van der Waals surface area (Å²) in [4.78, 5) is 32.0. The maximum atomic E-state index is 13.1. The van der Waals surface area contributed by atoms with Crippen LogP contribution in [0.3, 0.4) is 0 Å². The number of para-hydroxylation sites is 2. The second-order valence-electron chi connectivity index (χ2n) is 7.40. The van der Waals surface area contributed by atoms with Crippen LogP contribution in [-0.2, 0) is 16.0 Å². The molecule has 1 heterocycles. The van der Waals surface area contributed by atoms with E-state index in [0.717, 1.165) is 49.2 Å². The number of nitrogens with one attached hydrogen (secondary N) is 1. The first kappa shape index (κ1) is 18.4. The van der Waals surface area contributed by atoms with Crippen molar-refractivity contribution in [2.24, 2.45) is 10.9 Å². The fourth-order valence-electron chi connectivity index (χ4n) is 4.00. The minimum Gasteiger partial charge on any atom is -0.355 e. The summed E-state index contributed by atoms with van der Waals surface area (Å²) in [5, 5.41) is 2.96. The van der Waals surface area contributed by atoms with Crippen LogP contribution in [0.4, 0.5) is 11.4 Å². The monoisotopic (exact) mass is 375 g/mol. The topological polar surface area (TPSA) is 61.8 Å². The second-order valence-corrected chi connectivity index (χ2v) is 7.40. The zero-order valence-electron chi connectivity index (χ0n) is 15.9. The molecule has 1 saturated carbocycles. The second kappa shape index (κ2) is 8.38. The van der Waals surface area contributed by atoms with Crippen molar-refractivity contribution in [3.8, 4) is 0 Å². The molecule has 28 heavy (non-hydrogen) atoms. The van der Waals surface area contributed by atoms with E-state index in [1.807, 2.05) is 42.5 Å². The lowest BCUT2D eigenvalue weighted by atomic mass is 10.1. The average Bonchev–Trinajstić information content (AvgIpc) is 3.15. The number of fused-ring (bicyclic) bond motifs is 2. The number of carbonyl (C=O) groups is 2. The van der Waals surface area contributed by atoms with Crippen molar-refractivity contribution in [1.82, 2.24) is 5.32 Å². The normalized spacial score (nSPS) is 18.1. The van der Waals surface area contributed by atoms with Crippen molar-refractivity contribution in [1.29, 1.82) is 0 Å². The van der Waals surface area contributed by atoms with Gasteiger partial charge in [0.2, 0.25) is 11.8 Å². The highest BCUT2D eigenvalue weighted by atomic mass is 16.2. The van der Waals surface area contributed by atoms with Crippen LogP contribution in [-0.4, -0.2) is 30.6 Å². The van der Waals surface area contributed by atoms with Gasteiger partial charge in [0.1, 0.15) is 6.54 Å². The Morgan fingerprint density at radius 3 is 2.75 bits per heavy atom. The summed E-state index contributed by atoms with van der Waals surface area (Å²) in [7, 11) is 0. The molecule has 0 spiro atoms. The van der Waals surface area contributed by atoms with E-state index < -0.39 is 0 Å². The maximum Gasteiger partial charge on any atom is 0.240 e. The minimum absolute atomic E-state index is 0.000588. The first-order valence-electron chi connectivity index (χ1n) is 10.0. The van der Waals surface area contributed by atoms with E-state index in [1.54, 1.807) is 4.90 Å². The minimum atomic E-state index is -0.182.